The molecule has 0 aliphatic rings. The third-order valence-electron chi connectivity index (χ3n) is 2.95. The van der Waals surface area contributed by atoms with Gasteiger partial charge in [-0.15, -0.1) is 11.8 Å². The molecule has 0 spiro atoms. The first kappa shape index (κ1) is 17.5. The third kappa shape index (κ3) is 5.73. The molecule has 1 amide bonds. The van der Waals surface area contributed by atoms with Crippen LogP contribution in [0.5, 0.6) is 5.75 Å². The molecule has 0 bridgehead atoms. The molecule has 124 valence electrons. The van der Waals surface area contributed by atoms with E-state index < -0.39 is 4.92 Å². The maximum atomic E-state index is 11.6. The van der Waals surface area contributed by atoms with Crippen molar-refractivity contribution in [2.75, 3.05) is 5.75 Å². The zero-order valence-electron chi connectivity index (χ0n) is 12.6. The smallest absolute Gasteiger partial charge is 0.269 e. The van der Waals surface area contributed by atoms with E-state index in [1.165, 1.54) is 42.2 Å². The SMILES string of the molecule is O=C(CSCc1ccc([N+](=O)[O-])cc1)N/N=C\c1ccc(O)cc1. The van der Waals surface area contributed by atoms with Gasteiger partial charge in [-0.05, 0) is 35.4 Å². The lowest BCUT2D eigenvalue weighted by molar-refractivity contribution is -0.384. The number of phenolic OH excluding ortho intramolecular Hbond substituents is 1. The van der Waals surface area contributed by atoms with Gasteiger partial charge in [0.05, 0.1) is 16.9 Å². The number of carbonyl (C=O) groups excluding carboxylic acids is 1. The van der Waals surface area contributed by atoms with Crippen LogP contribution in [0.3, 0.4) is 0 Å². The van der Waals surface area contributed by atoms with E-state index >= 15 is 0 Å². The Morgan fingerprint density at radius 1 is 1.21 bits per heavy atom. The van der Waals surface area contributed by atoms with Gasteiger partial charge in [0.1, 0.15) is 5.75 Å². The highest BCUT2D eigenvalue weighted by atomic mass is 32.2. The minimum atomic E-state index is -0.448. The van der Waals surface area contributed by atoms with Crippen LogP contribution in [0.25, 0.3) is 0 Å². The number of nitro benzene ring substituents is 1. The van der Waals surface area contributed by atoms with Gasteiger partial charge >= 0.3 is 0 Å². The van der Waals surface area contributed by atoms with Gasteiger partial charge in [-0.1, -0.05) is 12.1 Å². The van der Waals surface area contributed by atoms with Crippen LogP contribution in [0.2, 0.25) is 0 Å². The highest BCUT2D eigenvalue weighted by Crippen LogP contribution is 2.16. The molecule has 7 nitrogen and oxygen atoms in total. The normalized spacial score (nSPS) is 10.7. The largest absolute Gasteiger partial charge is 0.508 e. The number of hydrazone groups is 1. The first-order chi connectivity index (χ1) is 11.5. The second kappa shape index (κ2) is 8.68. The van der Waals surface area contributed by atoms with Crippen molar-refractivity contribution in [3.05, 3.63) is 69.8 Å². The number of benzene rings is 2. The molecular formula is C16H15N3O4S. The summed E-state index contributed by atoms with van der Waals surface area (Å²) in [6.07, 6.45) is 1.48. The van der Waals surface area contributed by atoms with Crippen molar-refractivity contribution in [2.45, 2.75) is 5.75 Å². The molecule has 0 atom stereocenters. The van der Waals surface area contributed by atoms with Gasteiger partial charge in [0.15, 0.2) is 0 Å². The number of nitrogens with one attached hydrogen (secondary N) is 1. The lowest BCUT2D eigenvalue weighted by atomic mass is 10.2. The number of amides is 1. The fraction of sp³-hybridized carbons (Fsp3) is 0.125. The van der Waals surface area contributed by atoms with Gasteiger partial charge in [-0.3, -0.25) is 14.9 Å². The Bertz CT molecular complexity index is 730. The Hall–Kier alpha value is -2.87. The Kier molecular flexibility index (Phi) is 6.32. The summed E-state index contributed by atoms with van der Waals surface area (Å²) < 4.78 is 0. The average molecular weight is 345 g/mol. The van der Waals surface area contributed by atoms with Crippen LogP contribution in [-0.4, -0.2) is 27.9 Å². The van der Waals surface area contributed by atoms with Gasteiger partial charge in [-0.2, -0.15) is 5.10 Å². The molecule has 0 fully saturated rings. The maximum absolute atomic E-state index is 11.6. The summed E-state index contributed by atoms with van der Waals surface area (Å²) in [7, 11) is 0. The van der Waals surface area contributed by atoms with Crippen molar-refractivity contribution in [3.63, 3.8) is 0 Å². The highest BCUT2D eigenvalue weighted by molar-refractivity contribution is 7.99. The number of rotatable bonds is 7. The molecule has 2 aromatic carbocycles. The van der Waals surface area contributed by atoms with Gasteiger partial charge in [0, 0.05) is 17.9 Å². The Balaban J connectivity index is 1.71. The molecule has 0 radical (unpaired) electrons. The van der Waals surface area contributed by atoms with Crippen LogP contribution < -0.4 is 5.43 Å². The first-order valence-electron chi connectivity index (χ1n) is 6.96. The molecule has 0 unspecified atom stereocenters. The van der Waals surface area contributed by atoms with Gasteiger partial charge in [-0.25, -0.2) is 5.43 Å². The van der Waals surface area contributed by atoms with E-state index in [1.807, 2.05) is 0 Å². The summed E-state index contributed by atoms with van der Waals surface area (Å²) in [6, 6.07) is 12.6. The number of phenols is 1. The van der Waals surface area contributed by atoms with Crippen molar-refractivity contribution < 1.29 is 14.8 Å². The molecule has 2 N–H and O–H groups in total. The summed E-state index contributed by atoms with van der Waals surface area (Å²) in [6.45, 7) is 0. The average Bonchev–Trinajstić information content (AvgIpc) is 2.57. The standard InChI is InChI=1S/C16H15N3O4S/c20-15-7-3-12(4-8-15)9-17-18-16(21)11-24-10-13-1-5-14(6-2-13)19(22)23/h1-9,20H,10-11H2,(H,18,21)/b17-9-. The molecule has 0 aliphatic heterocycles. The minimum absolute atomic E-state index is 0.0464. The minimum Gasteiger partial charge on any atom is -0.508 e. The number of aromatic hydroxyl groups is 1. The predicted octanol–water partition coefficient (Wildman–Crippen LogP) is 2.68. The van der Waals surface area contributed by atoms with Crippen LogP contribution in [-0.2, 0) is 10.5 Å². The second-order valence-corrected chi connectivity index (χ2v) is 5.79. The molecule has 2 aromatic rings. The molecule has 8 heteroatoms. The monoisotopic (exact) mass is 345 g/mol. The zero-order valence-corrected chi connectivity index (χ0v) is 13.4. The van der Waals surface area contributed by atoms with E-state index in [9.17, 15) is 14.9 Å². The topological polar surface area (TPSA) is 105 Å². The number of hydrogen-bond donors (Lipinski definition) is 2. The third-order valence-corrected chi connectivity index (χ3v) is 3.95. The van der Waals surface area contributed by atoms with Gasteiger partial charge < -0.3 is 5.11 Å². The molecule has 24 heavy (non-hydrogen) atoms. The lowest BCUT2D eigenvalue weighted by Crippen LogP contribution is -2.19. The van der Waals surface area contributed by atoms with E-state index in [1.54, 1.807) is 24.3 Å². The zero-order chi connectivity index (χ0) is 17.4. The fourth-order valence-corrected chi connectivity index (χ4v) is 2.53. The second-order valence-electron chi connectivity index (χ2n) is 4.80. The summed E-state index contributed by atoms with van der Waals surface area (Å²) >= 11 is 1.39. The number of thioether (sulfide) groups is 1. The van der Waals surface area contributed by atoms with E-state index in [4.69, 9.17) is 5.11 Å². The van der Waals surface area contributed by atoms with Gasteiger partial charge in [0.25, 0.3) is 5.69 Å². The number of non-ortho nitro benzene ring substituents is 1. The molecule has 0 saturated carbocycles. The van der Waals surface area contributed by atoms with Crippen molar-refractivity contribution in [1.29, 1.82) is 0 Å². The maximum Gasteiger partial charge on any atom is 0.269 e. The molecular weight excluding hydrogens is 330 g/mol. The predicted molar refractivity (Wildman–Crippen MR) is 93.1 cm³/mol. The van der Waals surface area contributed by atoms with Crippen molar-refractivity contribution >= 4 is 29.6 Å². The Morgan fingerprint density at radius 3 is 2.50 bits per heavy atom. The molecule has 0 saturated heterocycles. The van der Waals surface area contributed by atoms with Crippen LogP contribution >= 0.6 is 11.8 Å². The van der Waals surface area contributed by atoms with E-state index in [0.717, 1.165) is 11.1 Å². The number of hydrogen-bond acceptors (Lipinski definition) is 6. The molecule has 2 rings (SSSR count). The summed E-state index contributed by atoms with van der Waals surface area (Å²) in [4.78, 5) is 21.8. The quantitative estimate of drug-likeness (QED) is 0.456. The van der Waals surface area contributed by atoms with E-state index in [0.29, 0.717) is 5.75 Å². The van der Waals surface area contributed by atoms with Crippen molar-refractivity contribution in [2.24, 2.45) is 5.10 Å². The summed E-state index contributed by atoms with van der Waals surface area (Å²) in [5.41, 5.74) is 4.12. The van der Waals surface area contributed by atoms with Crippen LogP contribution in [0.15, 0.2) is 53.6 Å². The first-order valence-corrected chi connectivity index (χ1v) is 8.12. The number of nitro groups is 1. The molecule has 0 heterocycles. The fourth-order valence-electron chi connectivity index (χ4n) is 1.75. The van der Waals surface area contributed by atoms with Crippen molar-refractivity contribution in [1.82, 2.24) is 5.43 Å². The lowest BCUT2D eigenvalue weighted by Gasteiger charge is -2.01. The molecule has 0 aliphatic carbocycles. The highest BCUT2D eigenvalue weighted by Gasteiger charge is 2.05. The van der Waals surface area contributed by atoms with E-state index in [-0.39, 0.29) is 23.1 Å². The number of carbonyl (C=O) groups is 1. The van der Waals surface area contributed by atoms with E-state index in [2.05, 4.69) is 10.5 Å². The van der Waals surface area contributed by atoms with Crippen LogP contribution in [0.4, 0.5) is 5.69 Å². The van der Waals surface area contributed by atoms with Crippen LogP contribution in [0, 0.1) is 10.1 Å². The Labute approximate surface area is 142 Å². The van der Waals surface area contributed by atoms with Crippen LogP contribution in [0.1, 0.15) is 11.1 Å². The summed E-state index contributed by atoms with van der Waals surface area (Å²) in [5, 5.41) is 23.5. The number of nitrogens with zero attached hydrogens (tertiary/aromatic N) is 2. The Morgan fingerprint density at radius 2 is 1.88 bits per heavy atom. The summed E-state index contributed by atoms with van der Waals surface area (Å²) in [5.74, 6) is 0.729. The van der Waals surface area contributed by atoms with Gasteiger partial charge in [0.2, 0.25) is 5.91 Å². The molecule has 0 aromatic heterocycles. The van der Waals surface area contributed by atoms with Crippen molar-refractivity contribution in [3.8, 4) is 5.75 Å².